The van der Waals surface area contributed by atoms with Crippen LogP contribution in [0.1, 0.15) is 5.56 Å². The smallest absolute Gasteiger partial charge is 0.274 e. The van der Waals surface area contributed by atoms with E-state index in [-0.39, 0.29) is 10.8 Å². The van der Waals surface area contributed by atoms with E-state index < -0.39 is 4.92 Å². The Hall–Kier alpha value is -2.87. The van der Waals surface area contributed by atoms with Crippen molar-refractivity contribution in [2.24, 2.45) is 0 Å². The van der Waals surface area contributed by atoms with Gasteiger partial charge in [-0.25, -0.2) is 0 Å². The lowest BCUT2D eigenvalue weighted by molar-refractivity contribution is -0.385. The third kappa shape index (κ3) is 4.11. The SMILES string of the molecule is COc1ccc(OC)c(NC(=S)Nc2ccc(C)c([N+](=O)[O-])c2)c1. The molecule has 0 amide bonds. The van der Waals surface area contributed by atoms with Gasteiger partial charge in [0.2, 0.25) is 0 Å². The Bertz CT molecular complexity index is 780. The molecule has 0 fully saturated rings. The van der Waals surface area contributed by atoms with Crippen molar-refractivity contribution >= 4 is 34.4 Å². The van der Waals surface area contributed by atoms with Crippen molar-refractivity contribution in [3.05, 3.63) is 52.1 Å². The number of thiocarbonyl (C=S) groups is 1. The number of aryl methyl sites for hydroxylation is 1. The molecule has 0 heterocycles. The minimum atomic E-state index is -0.428. The monoisotopic (exact) mass is 347 g/mol. The summed E-state index contributed by atoms with van der Waals surface area (Å²) in [7, 11) is 3.11. The predicted octanol–water partition coefficient (Wildman–Crippen LogP) is 3.73. The van der Waals surface area contributed by atoms with Crippen molar-refractivity contribution in [2.45, 2.75) is 6.92 Å². The lowest BCUT2D eigenvalue weighted by Gasteiger charge is -2.14. The van der Waals surface area contributed by atoms with Crippen molar-refractivity contribution < 1.29 is 14.4 Å². The van der Waals surface area contributed by atoms with Gasteiger partial charge in [-0.3, -0.25) is 10.1 Å². The lowest BCUT2D eigenvalue weighted by Crippen LogP contribution is -2.19. The molecule has 0 spiro atoms. The number of benzene rings is 2. The lowest BCUT2D eigenvalue weighted by atomic mass is 10.2. The normalized spacial score (nSPS) is 9.96. The molecule has 0 saturated carbocycles. The van der Waals surface area contributed by atoms with Crippen molar-refractivity contribution in [3.63, 3.8) is 0 Å². The van der Waals surface area contributed by atoms with Gasteiger partial charge < -0.3 is 20.1 Å². The topological polar surface area (TPSA) is 85.7 Å². The molecule has 0 aliphatic rings. The summed E-state index contributed by atoms with van der Waals surface area (Å²) >= 11 is 5.26. The first kappa shape index (κ1) is 17.5. The molecule has 2 N–H and O–H groups in total. The van der Waals surface area contributed by atoms with E-state index >= 15 is 0 Å². The molecule has 0 bridgehead atoms. The molecule has 0 atom stereocenters. The van der Waals surface area contributed by atoms with Crippen molar-refractivity contribution in [1.29, 1.82) is 0 Å². The number of ether oxygens (including phenoxy) is 2. The van der Waals surface area contributed by atoms with Crippen molar-refractivity contribution in [3.8, 4) is 11.5 Å². The Morgan fingerprint density at radius 1 is 1.12 bits per heavy atom. The van der Waals surface area contributed by atoms with Gasteiger partial charge in [-0.1, -0.05) is 6.07 Å². The summed E-state index contributed by atoms with van der Waals surface area (Å²) in [5, 5.41) is 17.2. The molecule has 0 unspecified atom stereocenters. The molecule has 2 aromatic carbocycles. The van der Waals surface area contributed by atoms with E-state index in [1.165, 1.54) is 6.07 Å². The fourth-order valence-corrected chi connectivity index (χ4v) is 2.31. The number of nitro benzene ring substituents is 1. The van der Waals surface area contributed by atoms with Crippen LogP contribution in [0, 0.1) is 17.0 Å². The summed E-state index contributed by atoms with van der Waals surface area (Å²) in [5.41, 5.74) is 1.75. The van der Waals surface area contributed by atoms with Crippen LogP contribution in [0.4, 0.5) is 17.1 Å². The predicted molar refractivity (Wildman–Crippen MR) is 97.2 cm³/mol. The van der Waals surface area contributed by atoms with Crippen LogP contribution in [0.25, 0.3) is 0 Å². The highest BCUT2D eigenvalue weighted by Crippen LogP contribution is 2.29. The highest BCUT2D eigenvalue weighted by atomic mass is 32.1. The van der Waals surface area contributed by atoms with Gasteiger partial charge in [0.15, 0.2) is 5.11 Å². The maximum Gasteiger partial charge on any atom is 0.274 e. The summed E-state index contributed by atoms with van der Waals surface area (Å²) in [5.74, 6) is 1.24. The maximum absolute atomic E-state index is 11.0. The zero-order valence-electron chi connectivity index (χ0n) is 13.5. The molecular weight excluding hydrogens is 330 g/mol. The molecule has 24 heavy (non-hydrogen) atoms. The van der Waals surface area contributed by atoms with Crippen LogP contribution in [0.3, 0.4) is 0 Å². The Kier molecular flexibility index (Phi) is 5.54. The molecule has 0 radical (unpaired) electrons. The minimum Gasteiger partial charge on any atom is -0.497 e. The van der Waals surface area contributed by atoms with Crippen LogP contribution in [0.5, 0.6) is 11.5 Å². The zero-order valence-corrected chi connectivity index (χ0v) is 14.3. The third-order valence-electron chi connectivity index (χ3n) is 3.32. The van der Waals surface area contributed by atoms with Crippen LogP contribution in [0.2, 0.25) is 0 Å². The molecule has 0 aliphatic carbocycles. The number of nitrogens with zero attached hydrogens (tertiary/aromatic N) is 1. The quantitative estimate of drug-likeness (QED) is 0.484. The summed E-state index contributed by atoms with van der Waals surface area (Å²) in [6.45, 7) is 1.68. The Morgan fingerprint density at radius 3 is 2.50 bits per heavy atom. The Labute approximate surface area is 144 Å². The number of rotatable bonds is 5. The standard InChI is InChI=1S/C16H17N3O4S/c1-10-4-5-11(8-14(10)19(20)21)17-16(24)18-13-9-12(22-2)6-7-15(13)23-3/h4-9H,1-3H3,(H2,17,18,24). The fraction of sp³-hybridized carbons (Fsp3) is 0.188. The first-order valence-electron chi connectivity index (χ1n) is 6.99. The number of methoxy groups -OCH3 is 2. The molecule has 7 nitrogen and oxygen atoms in total. The number of nitrogens with one attached hydrogen (secondary N) is 2. The fourth-order valence-electron chi connectivity index (χ4n) is 2.08. The van der Waals surface area contributed by atoms with E-state index in [1.807, 2.05) is 0 Å². The van der Waals surface area contributed by atoms with Gasteiger partial charge in [-0.15, -0.1) is 0 Å². The van der Waals surface area contributed by atoms with Gasteiger partial charge in [-0.05, 0) is 37.3 Å². The van der Waals surface area contributed by atoms with Crippen LogP contribution >= 0.6 is 12.2 Å². The molecule has 0 aliphatic heterocycles. The van der Waals surface area contributed by atoms with Crippen LogP contribution in [0.15, 0.2) is 36.4 Å². The second-order valence-corrected chi connectivity index (χ2v) is 5.31. The highest BCUT2D eigenvalue weighted by molar-refractivity contribution is 7.80. The average molecular weight is 347 g/mol. The molecule has 2 rings (SSSR count). The largest absolute Gasteiger partial charge is 0.497 e. The number of hydrogen-bond acceptors (Lipinski definition) is 5. The van der Waals surface area contributed by atoms with Gasteiger partial charge in [0.1, 0.15) is 11.5 Å². The molecule has 2 aromatic rings. The van der Waals surface area contributed by atoms with E-state index in [0.29, 0.717) is 28.4 Å². The minimum absolute atomic E-state index is 0.0294. The van der Waals surface area contributed by atoms with E-state index in [2.05, 4.69) is 10.6 Å². The Balaban J connectivity index is 2.17. The highest BCUT2D eigenvalue weighted by Gasteiger charge is 2.12. The second kappa shape index (κ2) is 7.60. The van der Waals surface area contributed by atoms with E-state index in [0.717, 1.165) is 0 Å². The number of anilines is 2. The first-order chi connectivity index (χ1) is 11.4. The van der Waals surface area contributed by atoms with E-state index in [1.54, 1.807) is 51.5 Å². The van der Waals surface area contributed by atoms with Crippen LogP contribution in [-0.2, 0) is 0 Å². The summed E-state index contributed by atoms with van der Waals surface area (Å²) in [4.78, 5) is 10.6. The number of nitro groups is 1. The van der Waals surface area contributed by atoms with Gasteiger partial charge in [0, 0.05) is 23.4 Å². The second-order valence-electron chi connectivity index (χ2n) is 4.90. The summed E-state index contributed by atoms with van der Waals surface area (Å²) in [6, 6.07) is 10.1. The average Bonchev–Trinajstić information content (AvgIpc) is 2.56. The first-order valence-corrected chi connectivity index (χ1v) is 7.40. The van der Waals surface area contributed by atoms with Gasteiger partial charge in [0.25, 0.3) is 5.69 Å². The molecule has 8 heteroatoms. The third-order valence-corrected chi connectivity index (χ3v) is 3.52. The molecular formula is C16H17N3O4S. The Morgan fingerprint density at radius 2 is 1.88 bits per heavy atom. The van der Waals surface area contributed by atoms with E-state index in [4.69, 9.17) is 21.7 Å². The van der Waals surface area contributed by atoms with Gasteiger partial charge >= 0.3 is 0 Å². The summed E-state index contributed by atoms with van der Waals surface area (Å²) < 4.78 is 10.4. The molecule has 0 saturated heterocycles. The van der Waals surface area contributed by atoms with Crippen molar-refractivity contribution in [1.82, 2.24) is 0 Å². The maximum atomic E-state index is 11.0. The van der Waals surface area contributed by atoms with Crippen LogP contribution in [-0.4, -0.2) is 24.3 Å². The number of hydrogen-bond donors (Lipinski definition) is 2. The van der Waals surface area contributed by atoms with Crippen molar-refractivity contribution in [2.75, 3.05) is 24.9 Å². The zero-order chi connectivity index (χ0) is 17.7. The molecule has 126 valence electrons. The van der Waals surface area contributed by atoms with Gasteiger partial charge in [0.05, 0.1) is 24.8 Å². The van der Waals surface area contributed by atoms with E-state index in [9.17, 15) is 10.1 Å². The summed E-state index contributed by atoms with van der Waals surface area (Å²) in [6.07, 6.45) is 0. The molecule has 0 aromatic heterocycles. The van der Waals surface area contributed by atoms with Crippen LogP contribution < -0.4 is 20.1 Å². The van der Waals surface area contributed by atoms with Gasteiger partial charge in [-0.2, -0.15) is 0 Å².